The molecule has 1 aromatic rings. The summed E-state index contributed by atoms with van der Waals surface area (Å²) in [5, 5.41) is 8.86. The van der Waals surface area contributed by atoms with Crippen molar-refractivity contribution in [3.8, 4) is 6.07 Å². The summed E-state index contributed by atoms with van der Waals surface area (Å²) in [7, 11) is 0. The standard InChI is InChI=1S/C12H14FN/c1-8(2)9(3)12-10(7-14)5-4-6-11(12)13/h4-6,8-9H,1-3H3/t9-/m1/s1. The van der Waals surface area contributed by atoms with Crippen LogP contribution in [0.15, 0.2) is 18.2 Å². The van der Waals surface area contributed by atoms with Crippen LogP contribution in [0, 0.1) is 23.1 Å². The molecule has 0 radical (unpaired) electrons. The van der Waals surface area contributed by atoms with E-state index in [1.807, 2.05) is 26.8 Å². The van der Waals surface area contributed by atoms with Crippen molar-refractivity contribution in [1.82, 2.24) is 0 Å². The van der Waals surface area contributed by atoms with E-state index in [0.717, 1.165) is 0 Å². The lowest BCUT2D eigenvalue weighted by atomic mass is 9.87. The fourth-order valence-electron chi connectivity index (χ4n) is 1.43. The average Bonchev–Trinajstić information content (AvgIpc) is 2.16. The van der Waals surface area contributed by atoms with E-state index >= 15 is 0 Å². The Hall–Kier alpha value is -1.36. The van der Waals surface area contributed by atoms with Gasteiger partial charge in [-0.05, 0) is 24.0 Å². The van der Waals surface area contributed by atoms with E-state index in [1.54, 1.807) is 12.1 Å². The summed E-state index contributed by atoms with van der Waals surface area (Å²) in [5.74, 6) is 0.134. The van der Waals surface area contributed by atoms with Crippen LogP contribution in [0.25, 0.3) is 0 Å². The summed E-state index contributed by atoms with van der Waals surface area (Å²) in [5.41, 5.74) is 0.996. The van der Waals surface area contributed by atoms with Gasteiger partial charge in [0.2, 0.25) is 0 Å². The molecule has 0 spiro atoms. The second-order valence-electron chi connectivity index (χ2n) is 3.85. The quantitative estimate of drug-likeness (QED) is 0.702. The minimum Gasteiger partial charge on any atom is -0.207 e. The fourth-order valence-corrected chi connectivity index (χ4v) is 1.43. The van der Waals surface area contributed by atoms with Gasteiger partial charge in [0.1, 0.15) is 5.82 Å². The molecule has 1 aromatic carbocycles. The maximum Gasteiger partial charge on any atom is 0.127 e. The molecule has 0 bridgehead atoms. The van der Waals surface area contributed by atoms with E-state index in [0.29, 0.717) is 17.0 Å². The molecule has 1 nitrogen and oxygen atoms in total. The van der Waals surface area contributed by atoms with E-state index in [9.17, 15) is 4.39 Å². The Morgan fingerprint density at radius 1 is 1.29 bits per heavy atom. The monoisotopic (exact) mass is 191 g/mol. The zero-order chi connectivity index (χ0) is 10.7. The molecule has 0 unspecified atom stereocenters. The van der Waals surface area contributed by atoms with Gasteiger partial charge in [-0.15, -0.1) is 0 Å². The summed E-state index contributed by atoms with van der Waals surface area (Å²) < 4.78 is 13.5. The molecule has 0 aromatic heterocycles. The number of benzene rings is 1. The normalized spacial score (nSPS) is 12.6. The Balaban J connectivity index is 3.25. The van der Waals surface area contributed by atoms with E-state index < -0.39 is 0 Å². The van der Waals surface area contributed by atoms with Crippen molar-refractivity contribution in [3.63, 3.8) is 0 Å². The maximum absolute atomic E-state index is 13.5. The molecule has 74 valence electrons. The SMILES string of the molecule is CC(C)[C@@H](C)c1c(F)cccc1C#N. The van der Waals surface area contributed by atoms with Crippen LogP contribution in [0.2, 0.25) is 0 Å². The first kappa shape index (κ1) is 10.7. The van der Waals surface area contributed by atoms with Gasteiger partial charge in [-0.25, -0.2) is 4.39 Å². The van der Waals surface area contributed by atoms with Crippen molar-refractivity contribution in [2.75, 3.05) is 0 Å². The first-order valence-electron chi connectivity index (χ1n) is 4.76. The zero-order valence-corrected chi connectivity index (χ0v) is 8.71. The van der Waals surface area contributed by atoms with Crippen LogP contribution in [-0.2, 0) is 0 Å². The summed E-state index contributed by atoms with van der Waals surface area (Å²) in [6, 6.07) is 6.68. The number of hydrogen-bond donors (Lipinski definition) is 0. The van der Waals surface area contributed by atoms with Crippen LogP contribution in [0.3, 0.4) is 0 Å². The lowest BCUT2D eigenvalue weighted by molar-refractivity contribution is 0.500. The lowest BCUT2D eigenvalue weighted by Crippen LogP contribution is -2.07. The van der Waals surface area contributed by atoms with Gasteiger partial charge in [0.25, 0.3) is 0 Å². The van der Waals surface area contributed by atoms with E-state index in [2.05, 4.69) is 0 Å². The topological polar surface area (TPSA) is 23.8 Å². The molecule has 14 heavy (non-hydrogen) atoms. The van der Waals surface area contributed by atoms with Crippen molar-refractivity contribution in [1.29, 1.82) is 5.26 Å². The third-order valence-electron chi connectivity index (χ3n) is 2.63. The van der Waals surface area contributed by atoms with Gasteiger partial charge in [-0.1, -0.05) is 26.8 Å². The Morgan fingerprint density at radius 3 is 2.43 bits per heavy atom. The van der Waals surface area contributed by atoms with Gasteiger partial charge < -0.3 is 0 Å². The molecule has 0 heterocycles. The summed E-state index contributed by atoms with van der Waals surface area (Å²) in [6.45, 7) is 6.00. The van der Waals surface area contributed by atoms with Gasteiger partial charge in [-0.2, -0.15) is 5.26 Å². The van der Waals surface area contributed by atoms with Crippen LogP contribution in [0.4, 0.5) is 4.39 Å². The number of halogens is 1. The summed E-state index contributed by atoms with van der Waals surface area (Å²) >= 11 is 0. The third kappa shape index (κ3) is 1.93. The van der Waals surface area contributed by atoms with Gasteiger partial charge in [-0.3, -0.25) is 0 Å². The largest absolute Gasteiger partial charge is 0.207 e. The van der Waals surface area contributed by atoms with Crippen molar-refractivity contribution < 1.29 is 4.39 Å². The van der Waals surface area contributed by atoms with Gasteiger partial charge in [0.15, 0.2) is 0 Å². The van der Waals surface area contributed by atoms with E-state index in [4.69, 9.17) is 5.26 Å². The average molecular weight is 191 g/mol. The minimum absolute atomic E-state index is 0.0749. The van der Waals surface area contributed by atoms with Crippen molar-refractivity contribution >= 4 is 0 Å². The number of nitrogens with zero attached hydrogens (tertiary/aromatic N) is 1. The highest BCUT2D eigenvalue weighted by atomic mass is 19.1. The molecule has 0 aliphatic rings. The van der Waals surface area contributed by atoms with Crippen LogP contribution < -0.4 is 0 Å². The lowest BCUT2D eigenvalue weighted by Gasteiger charge is -2.17. The summed E-state index contributed by atoms with van der Waals surface area (Å²) in [4.78, 5) is 0. The first-order chi connectivity index (χ1) is 6.57. The Labute approximate surface area is 84.2 Å². The van der Waals surface area contributed by atoms with E-state index in [-0.39, 0.29) is 11.7 Å². The predicted molar refractivity (Wildman–Crippen MR) is 54.4 cm³/mol. The molecule has 0 saturated carbocycles. The van der Waals surface area contributed by atoms with Crippen molar-refractivity contribution in [2.45, 2.75) is 26.7 Å². The molecular formula is C12H14FN. The number of nitriles is 1. The molecule has 2 heteroatoms. The molecule has 0 amide bonds. The second kappa shape index (κ2) is 4.23. The second-order valence-corrected chi connectivity index (χ2v) is 3.85. The maximum atomic E-state index is 13.5. The van der Waals surface area contributed by atoms with Gasteiger partial charge in [0.05, 0.1) is 11.6 Å². The molecule has 1 atom stereocenters. The highest BCUT2D eigenvalue weighted by Crippen LogP contribution is 2.28. The molecule has 0 aliphatic carbocycles. The fraction of sp³-hybridized carbons (Fsp3) is 0.417. The van der Waals surface area contributed by atoms with Crippen LogP contribution in [0.5, 0.6) is 0 Å². The summed E-state index contributed by atoms with van der Waals surface area (Å²) in [6.07, 6.45) is 0. The number of hydrogen-bond acceptors (Lipinski definition) is 1. The Morgan fingerprint density at radius 2 is 1.93 bits per heavy atom. The van der Waals surface area contributed by atoms with E-state index in [1.165, 1.54) is 6.07 Å². The van der Waals surface area contributed by atoms with Crippen molar-refractivity contribution in [3.05, 3.63) is 35.1 Å². The van der Waals surface area contributed by atoms with Crippen LogP contribution in [-0.4, -0.2) is 0 Å². The number of rotatable bonds is 2. The van der Waals surface area contributed by atoms with Gasteiger partial charge in [0, 0.05) is 5.56 Å². The van der Waals surface area contributed by atoms with Crippen molar-refractivity contribution in [2.24, 2.45) is 5.92 Å². The zero-order valence-electron chi connectivity index (χ0n) is 8.71. The smallest absolute Gasteiger partial charge is 0.127 e. The Kier molecular flexibility index (Phi) is 3.24. The molecule has 0 saturated heterocycles. The molecule has 0 fully saturated rings. The Bertz CT molecular complexity index is 363. The van der Waals surface area contributed by atoms with Gasteiger partial charge >= 0.3 is 0 Å². The molecule has 1 rings (SSSR count). The predicted octanol–water partition coefficient (Wildman–Crippen LogP) is 3.46. The minimum atomic E-state index is -0.273. The van der Waals surface area contributed by atoms with Crippen LogP contribution >= 0.6 is 0 Å². The highest BCUT2D eigenvalue weighted by molar-refractivity contribution is 5.40. The third-order valence-corrected chi connectivity index (χ3v) is 2.63. The molecular weight excluding hydrogens is 177 g/mol. The molecule has 0 aliphatic heterocycles. The first-order valence-corrected chi connectivity index (χ1v) is 4.76. The highest BCUT2D eigenvalue weighted by Gasteiger charge is 2.17. The molecule has 0 N–H and O–H groups in total. The van der Waals surface area contributed by atoms with Crippen LogP contribution in [0.1, 0.15) is 37.8 Å².